The van der Waals surface area contributed by atoms with Crippen molar-refractivity contribution in [3.8, 4) is 11.5 Å². The smallest absolute Gasteiger partial charge is 0.251 e. The van der Waals surface area contributed by atoms with Gasteiger partial charge >= 0.3 is 0 Å². The highest BCUT2D eigenvalue weighted by molar-refractivity contribution is 5.99. The van der Waals surface area contributed by atoms with Gasteiger partial charge in [0.15, 0.2) is 17.3 Å². The molecule has 25 heavy (non-hydrogen) atoms. The number of fused-ring (bicyclic) bond motifs is 1. The van der Waals surface area contributed by atoms with Gasteiger partial charge in [-0.05, 0) is 36.2 Å². The van der Waals surface area contributed by atoms with E-state index in [1.807, 2.05) is 39.0 Å². The zero-order valence-electron chi connectivity index (χ0n) is 14.6. The molecule has 1 amide bonds. The standard InChI is InChI=1S/C20H21NO4/c1-12(2)19(22)16-6-4-5-15(13(16)3)10-21-20(23)14-7-8-17-18(9-14)25-11-24-17/h4-9,12H,10-11H2,1-3H3,(H,21,23). The Labute approximate surface area is 147 Å². The van der Waals surface area contributed by atoms with E-state index in [9.17, 15) is 9.59 Å². The third-order valence-electron chi connectivity index (χ3n) is 4.31. The summed E-state index contributed by atoms with van der Waals surface area (Å²) in [4.78, 5) is 24.7. The summed E-state index contributed by atoms with van der Waals surface area (Å²) in [6, 6.07) is 10.7. The largest absolute Gasteiger partial charge is 0.454 e. The Morgan fingerprint density at radius 1 is 1.12 bits per heavy atom. The van der Waals surface area contributed by atoms with Crippen LogP contribution in [0.4, 0.5) is 0 Å². The van der Waals surface area contributed by atoms with E-state index in [0.717, 1.165) is 11.1 Å². The number of ether oxygens (including phenoxy) is 2. The highest BCUT2D eigenvalue weighted by atomic mass is 16.7. The lowest BCUT2D eigenvalue weighted by Crippen LogP contribution is -2.23. The lowest BCUT2D eigenvalue weighted by Gasteiger charge is -2.13. The van der Waals surface area contributed by atoms with Crippen LogP contribution >= 0.6 is 0 Å². The highest BCUT2D eigenvalue weighted by Gasteiger charge is 2.17. The molecule has 0 unspecified atom stereocenters. The van der Waals surface area contributed by atoms with Crippen LogP contribution < -0.4 is 14.8 Å². The van der Waals surface area contributed by atoms with E-state index >= 15 is 0 Å². The number of nitrogens with one attached hydrogen (secondary N) is 1. The number of hydrogen-bond acceptors (Lipinski definition) is 4. The van der Waals surface area contributed by atoms with Crippen LogP contribution in [-0.4, -0.2) is 18.5 Å². The summed E-state index contributed by atoms with van der Waals surface area (Å²) >= 11 is 0. The van der Waals surface area contributed by atoms with E-state index in [1.165, 1.54) is 0 Å². The van der Waals surface area contributed by atoms with Crippen LogP contribution in [0, 0.1) is 12.8 Å². The predicted octanol–water partition coefficient (Wildman–Crippen LogP) is 3.49. The Morgan fingerprint density at radius 3 is 2.64 bits per heavy atom. The number of rotatable bonds is 5. The molecule has 2 aromatic carbocycles. The molecule has 0 radical (unpaired) electrons. The first-order chi connectivity index (χ1) is 12.0. The molecule has 5 nitrogen and oxygen atoms in total. The SMILES string of the molecule is Cc1c(CNC(=O)c2ccc3c(c2)OCO3)cccc1C(=O)C(C)C. The molecule has 1 heterocycles. The predicted molar refractivity (Wildman–Crippen MR) is 94.1 cm³/mol. The number of benzene rings is 2. The zero-order chi connectivity index (χ0) is 18.0. The van der Waals surface area contributed by atoms with Crippen LogP contribution in [0.5, 0.6) is 11.5 Å². The van der Waals surface area contributed by atoms with Crippen molar-refractivity contribution in [1.82, 2.24) is 5.32 Å². The molecule has 0 atom stereocenters. The minimum atomic E-state index is -0.196. The van der Waals surface area contributed by atoms with Gasteiger partial charge in [0.05, 0.1) is 0 Å². The Morgan fingerprint density at radius 2 is 1.88 bits per heavy atom. The minimum absolute atomic E-state index is 0.0582. The molecule has 2 aromatic rings. The summed E-state index contributed by atoms with van der Waals surface area (Å²) in [7, 11) is 0. The van der Waals surface area contributed by atoms with Gasteiger partial charge in [-0.1, -0.05) is 32.0 Å². The number of amides is 1. The summed E-state index contributed by atoms with van der Waals surface area (Å²) in [6.07, 6.45) is 0. The molecule has 5 heteroatoms. The van der Waals surface area contributed by atoms with Crippen molar-refractivity contribution in [1.29, 1.82) is 0 Å². The van der Waals surface area contributed by atoms with E-state index in [0.29, 0.717) is 29.2 Å². The van der Waals surface area contributed by atoms with Crippen LogP contribution in [0.3, 0.4) is 0 Å². The van der Waals surface area contributed by atoms with Gasteiger partial charge in [-0.25, -0.2) is 0 Å². The minimum Gasteiger partial charge on any atom is -0.454 e. The van der Waals surface area contributed by atoms with Crippen molar-refractivity contribution in [2.45, 2.75) is 27.3 Å². The van der Waals surface area contributed by atoms with Crippen molar-refractivity contribution >= 4 is 11.7 Å². The van der Waals surface area contributed by atoms with Gasteiger partial charge in [0, 0.05) is 23.6 Å². The molecule has 3 rings (SSSR count). The van der Waals surface area contributed by atoms with Crippen molar-refractivity contribution < 1.29 is 19.1 Å². The molecule has 0 saturated heterocycles. The molecule has 1 N–H and O–H groups in total. The fourth-order valence-electron chi connectivity index (χ4n) is 2.77. The van der Waals surface area contributed by atoms with Crippen LogP contribution in [0.1, 0.15) is 45.7 Å². The van der Waals surface area contributed by atoms with Crippen molar-refractivity contribution in [3.05, 3.63) is 58.7 Å². The third-order valence-corrected chi connectivity index (χ3v) is 4.31. The van der Waals surface area contributed by atoms with E-state index in [2.05, 4.69) is 5.32 Å². The van der Waals surface area contributed by atoms with Crippen LogP contribution in [0.25, 0.3) is 0 Å². The summed E-state index contributed by atoms with van der Waals surface area (Å²) in [5, 5.41) is 2.90. The Balaban J connectivity index is 1.72. The van der Waals surface area contributed by atoms with Gasteiger partial charge in [0.2, 0.25) is 6.79 Å². The summed E-state index contributed by atoms with van der Waals surface area (Å²) in [6.45, 7) is 6.22. The monoisotopic (exact) mass is 339 g/mol. The van der Waals surface area contributed by atoms with Crippen LogP contribution in [-0.2, 0) is 6.54 Å². The van der Waals surface area contributed by atoms with Gasteiger partial charge < -0.3 is 14.8 Å². The molecule has 1 aliphatic heterocycles. The maximum Gasteiger partial charge on any atom is 0.251 e. The van der Waals surface area contributed by atoms with E-state index in [4.69, 9.17) is 9.47 Å². The van der Waals surface area contributed by atoms with Gasteiger partial charge in [0.1, 0.15) is 0 Å². The summed E-state index contributed by atoms with van der Waals surface area (Å²) in [5.74, 6) is 1.08. The zero-order valence-corrected chi connectivity index (χ0v) is 14.6. The van der Waals surface area contributed by atoms with E-state index < -0.39 is 0 Å². The molecule has 1 aliphatic rings. The number of carbonyl (C=O) groups excluding carboxylic acids is 2. The second kappa shape index (κ2) is 6.97. The Kier molecular flexibility index (Phi) is 4.74. The van der Waals surface area contributed by atoms with E-state index in [1.54, 1.807) is 18.2 Å². The second-order valence-electron chi connectivity index (χ2n) is 6.36. The molecule has 0 spiro atoms. The molecular formula is C20H21NO4. The van der Waals surface area contributed by atoms with Gasteiger partial charge in [0.25, 0.3) is 5.91 Å². The van der Waals surface area contributed by atoms with Crippen LogP contribution in [0.2, 0.25) is 0 Å². The Bertz CT molecular complexity index is 826. The highest BCUT2D eigenvalue weighted by Crippen LogP contribution is 2.32. The average molecular weight is 339 g/mol. The molecular weight excluding hydrogens is 318 g/mol. The molecule has 0 saturated carbocycles. The fraction of sp³-hybridized carbons (Fsp3) is 0.300. The van der Waals surface area contributed by atoms with Gasteiger partial charge in [-0.3, -0.25) is 9.59 Å². The quantitative estimate of drug-likeness (QED) is 0.847. The first-order valence-electron chi connectivity index (χ1n) is 8.28. The van der Waals surface area contributed by atoms with Gasteiger partial charge in [-0.2, -0.15) is 0 Å². The number of hydrogen-bond donors (Lipinski definition) is 1. The number of ketones is 1. The number of Topliss-reactive ketones (excluding diaryl/α,β-unsaturated/α-hetero) is 1. The lowest BCUT2D eigenvalue weighted by atomic mass is 9.94. The molecule has 0 bridgehead atoms. The van der Waals surface area contributed by atoms with Crippen LogP contribution in [0.15, 0.2) is 36.4 Å². The van der Waals surface area contributed by atoms with E-state index in [-0.39, 0.29) is 24.4 Å². The van der Waals surface area contributed by atoms with Crippen molar-refractivity contribution in [3.63, 3.8) is 0 Å². The topological polar surface area (TPSA) is 64.6 Å². The third kappa shape index (κ3) is 3.50. The summed E-state index contributed by atoms with van der Waals surface area (Å²) in [5.41, 5.74) is 3.06. The fourth-order valence-corrected chi connectivity index (χ4v) is 2.77. The second-order valence-corrected chi connectivity index (χ2v) is 6.36. The molecule has 0 aliphatic carbocycles. The maximum absolute atomic E-state index is 12.4. The molecule has 130 valence electrons. The normalized spacial score (nSPS) is 12.3. The molecule has 0 fully saturated rings. The average Bonchev–Trinajstić information content (AvgIpc) is 3.07. The summed E-state index contributed by atoms with van der Waals surface area (Å²) < 4.78 is 10.5. The molecule has 0 aromatic heterocycles. The van der Waals surface area contributed by atoms with Gasteiger partial charge in [-0.15, -0.1) is 0 Å². The van der Waals surface area contributed by atoms with Crippen molar-refractivity contribution in [2.24, 2.45) is 5.92 Å². The number of carbonyl (C=O) groups is 2. The van der Waals surface area contributed by atoms with Crippen molar-refractivity contribution in [2.75, 3.05) is 6.79 Å². The maximum atomic E-state index is 12.4. The first-order valence-corrected chi connectivity index (χ1v) is 8.28. The Hall–Kier alpha value is -2.82. The lowest BCUT2D eigenvalue weighted by molar-refractivity contribution is 0.0936. The first kappa shape index (κ1) is 17.0.